The molecule has 2 heterocycles. The van der Waals surface area contributed by atoms with E-state index in [2.05, 4.69) is 11.7 Å². The first-order valence-corrected chi connectivity index (χ1v) is 4.65. The average Bonchev–Trinajstić information content (AvgIpc) is 2.35. The highest BCUT2D eigenvalue weighted by molar-refractivity contribution is 5.89. The minimum absolute atomic E-state index is 0.181. The van der Waals surface area contributed by atoms with Crippen LogP contribution in [0.1, 0.15) is 20.3 Å². The van der Waals surface area contributed by atoms with Crippen LogP contribution < -0.4 is 0 Å². The molecule has 1 fully saturated rings. The van der Waals surface area contributed by atoms with Gasteiger partial charge in [-0.3, -0.25) is 0 Å². The Bertz CT molecular complexity index is 201. The summed E-state index contributed by atoms with van der Waals surface area (Å²) in [4.78, 5) is 10.3. The third kappa shape index (κ3) is 3.19. The summed E-state index contributed by atoms with van der Waals surface area (Å²) in [6, 6.07) is 0. The van der Waals surface area contributed by atoms with Crippen LogP contribution >= 0.6 is 0 Å². The number of esters is 1. The second-order valence-electron chi connectivity index (χ2n) is 3.30. The van der Waals surface area contributed by atoms with E-state index in [4.69, 9.17) is 4.74 Å². The molecule has 0 aromatic rings. The Morgan fingerprint density at radius 2 is 2.23 bits per heavy atom. The second kappa shape index (κ2) is 5.02. The fourth-order valence-corrected chi connectivity index (χ4v) is 0.960. The van der Waals surface area contributed by atoms with Gasteiger partial charge in [0.1, 0.15) is 6.61 Å². The Labute approximate surface area is 78.7 Å². The van der Waals surface area contributed by atoms with Crippen LogP contribution in [0.4, 0.5) is 0 Å². The maximum atomic E-state index is 10.3. The van der Waals surface area contributed by atoms with Crippen molar-refractivity contribution >= 4 is 5.97 Å². The SMILES string of the molecule is CC1=CCOC1=O.CCC1COC1. The Balaban J connectivity index is 0.000000132. The van der Waals surface area contributed by atoms with Crippen molar-refractivity contribution in [2.45, 2.75) is 20.3 Å². The van der Waals surface area contributed by atoms with Gasteiger partial charge in [0.15, 0.2) is 0 Å². The number of cyclic esters (lactones) is 1. The number of rotatable bonds is 1. The summed E-state index contributed by atoms with van der Waals surface area (Å²) in [6.07, 6.45) is 3.06. The van der Waals surface area contributed by atoms with Crippen LogP contribution in [-0.2, 0) is 14.3 Å². The minimum atomic E-state index is -0.181. The fourth-order valence-electron chi connectivity index (χ4n) is 0.960. The van der Waals surface area contributed by atoms with Crippen LogP contribution in [0.5, 0.6) is 0 Å². The van der Waals surface area contributed by atoms with Crippen LogP contribution in [0.2, 0.25) is 0 Å². The summed E-state index contributed by atoms with van der Waals surface area (Å²) >= 11 is 0. The average molecular weight is 184 g/mol. The van der Waals surface area contributed by atoms with Gasteiger partial charge in [0, 0.05) is 11.5 Å². The summed E-state index contributed by atoms with van der Waals surface area (Å²) in [5, 5.41) is 0. The number of ether oxygens (including phenoxy) is 2. The molecule has 3 heteroatoms. The fraction of sp³-hybridized carbons (Fsp3) is 0.700. The van der Waals surface area contributed by atoms with E-state index in [0.717, 1.165) is 24.7 Å². The van der Waals surface area contributed by atoms with E-state index >= 15 is 0 Å². The highest BCUT2D eigenvalue weighted by Gasteiger charge is 2.14. The van der Waals surface area contributed by atoms with Crippen molar-refractivity contribution in [2.75, 3.05) is 19.8 Å². The molecule has 0 aromatic carbocycles. The van der Waals surface area contributed by atoms with E-state index in [9.17, 15) is 4.79 Å². The van der Waals surface area contributed by atoms with Crippen molar-refractivity contribution in [1.82, 2.24) is 0 Å². The molecule has 13 heavy (non-hydrogen) atoms. The van der Waals surface area contributed by atoms with E-state index < -0.39 is 0 Å². The van der Waals surface area contributed by atoms with Crippen LogP contribution in [0.25, 0.3) is 0 Å². The van der Waals surface area contributed by atoms with E-state index in [1.54, 1.807) is 13.0 Å². The van der Waals surface area contributed by atoms with Crippen molar-refractivity contribution < 1.29 is 14.3 Å². The van der Waals surface area contributed by atoms with Crippen LogP contribution in [0.3, 0.4) is 0 Å². The molecule has 2 rings (SSSR count). The van der Waals surface area contributed by atoms with Crippen molar-refractivity contribution in [3.8, 4) is 0 Å². The molecule has 1 saturated heterocycles. The van der Waals surface area contributed by atoms with Crippen molar-refractivity contribution in [1.29, 1.82) is 0 Å². The van der Waals surface area contributed by atoms with Crippen LogP contribution in [-0.4, -0.2) is 25.8 Å². The number of carbonyl (C=O) groups excluding carboxylic acids is 1. The Kier molecular flexibility index (Phi) is 3.96. The van der Waals surface area contributed by atoms with Gasteiger partial charge in [0.05, 0.1) is 13.2 Å². The topological polar surface area (TPSA) is 35.5 Å². The van der Waals surface area contributed by atoms with E-state index in [1.165, 1.54) is 6.42 Å². The molecule has 0 atom stereocenters. The van der Waals surface area contributed by atoms with Gasteiger partial charge in [-0.05, 0) is 19.4 Å². The Hall–Kier alpha value is -0.830. The van der Waals surface area contributed by atoms with Crippen LogP contribution in [0, 0.1) is 5.92 Å². The molecule has 74 valence electrons. The summed E-state index contributed by atoms with van der Waals surface area (Å²) in [5.74, 6) is 0.713. The molecule has 0 radical (unpaired) electrons. The summed E-state index contributed by atoms with van der Waals surface area (Å²) in [6.45, 7) is 6.43. The van der Waals surface area contributed by atoms with Gasteiger partial charge in [-0.1, -0.05) is 6.92 Å². The van der Waals surface area contributed by atoms with Gasteiger partial charge in [-0.15, -0.1) is 0 Å². The van der Waals surface area contributed by atoms with Gasteiger partial charge in [0.2, 0.25) is 0 Å². The maximum Gasteiger partial charge on any atom is 0.333 e. The smallest absolute Gasteiger partial charge is 0.333 e. The number of hydrogen-bond acceptors (Lipinski definition) is 3. The molecule has 0 aliphatic carbocycles. The normalized spacial score (nSPS) is 21.1. The zero-order valence-corrected chi connectivity index (χ0v) is 8.21. The molecule has 0 aromatic heterocycles. The molecule has 0 saturated carbocycles. The standard InChI is InChI=1S/C5H6O2.C5H10O/c1-4-2-3-7-5(4)6;1-2-5-3-6-4-5/h2H,3H2,1H3;5H,2-4H2,1H3. The predicted octanol–water partition coefficient (Wildman–Crippen LogP) is 1.53. The van der Waals surface area contributed by atoms with Crippen molar-refractivity contribution in [3.05, 3.63) is 11.6 Å². The largest absolute Gasteiger partial charge is 0.458 e. The minimum Gasteiger partial charge on any atom is -0.458 e. The zero-order chi connectivity index (χ0) is 9.68. The lowest BCUT2D eigenvalue weighted by atomic mass is 10.1. The lowest BCUT2D eigenvalue weighted by Gasteiger charge is -2.23. The number of hydrogen-bond donors (Lipinski definition) is 0. The van der Waals surface area contributed by atoms with Gasteiger partial charge >= 0.3 is 5.97 Å². The summed E-state index contributed by atoms with van der Waals surface area (Å²) < 4.78 is 9.46. The third-order valence-corrected chi connectivity index (χ3v) is 2.21. The van der Waals surface area contributed by atoms with Gasteiger partial charge < -0.3 is 9.47 Å². The van der Waals surface area contributed by atoms with Gasteiger partial charge in [0.25, 0.3) is 0 Å². The zero-order valence-electron chi connectivity index (χ0n) is 8.21. The van der Waals surface area contributed by atoms with E-state index in [0.29, 0.717) is 6.61 Å². The van der Waals surface area contributed by atoms with Gasteiger partial charge in [-0.25, -0.2) is 4.79 Å². The predicted molar refractivity (Wildman–Crippen MR) is 49.3 cm³/mol. The van der Waals surface area contributed by atoms with Crippen molar-refractivity contribution in [3.63, 3.8) is 0 Å². The Morgan fingerprint density at radius 1 is 1.54 bits per heavy atom. The molecule has 0 N–H and O–H groups in total. The second-order valence-corrected chi connectivity index (χ2v) is 3.30. The first-order chi connectivity index (χ1) is 6.24. The quantitative estimate of drug-likeness (QED) is 0.580. The van der Waals surface area contributed by atoms with E-state index in [1.807, 2.05) is 0 Å². The molecule has 3 nitrogen and oxygen atoms in total. The molecule has 0 amide bonds. The number of carbonyl (C=O) groups is 1. The maximum absolute atomic E-state index is 10.3. The molecular formula is C10H16O3. The molecule has 2 aliphatic heterocycles. The Morgan fingerprint density at radius 3 is 2.31 bits per heavy atom. The molecule has 0 spiro atoms. The lowest BCUT2D eigenvalue weighted by molar-refractivity contribution is -0.135. The third-order valence-electron chi connectivity index (χ3n) is 2.21. The van der Waals surface area contributed by atoms with Gasteiger partial charge in [-0.2, -0.15) is 0 Å². The first kappa shape index (κ1) is 10.3. The summed E-state index contributed by atoms with van der Waals surface area (Å²) in [5.41, 5.74) is 0.722. The van der Waals surface area contributed by atoms with E-state index in [-0.39, 0.29) is 5.97 Å². The first-order valence-electron chi connectivity index (χ1n) is 4.65. The highest BCUT2D eigenvalue weighted by Crippen LogP contribution is 2.12. The lowest BCUT2D eigenvalue weighted by Crippen LogP contribution is -2.26. The highest BCUT2D eigenvalue weighted by atomic mass is 16.5. The summed E-state index contributed by atoms with van der Waals surface area (Å²) in [7, 11) is 0. The molecule has 0 unspecified atom stereocenters. The van der Waals surface area contributed by atoms with Crippen molar-refractivity contribution in [2.24, 2.45) is 5.92 Å². The molecule has 2 aliphatic rings. The molecule has 0 bridgehead atoms. The van der Waals surface area contributed by atoms with Crippen LogP contribution in [0.15, 0.2) is 11.6 Å². The molecular weight excluding hydrogens is 168 g/mol. The monoisotopic (exact) mass is 184 g/mol.